The number of hydrogen-bond acceptors (Lipinski definition) is 0. The molecule has 0 aromatic heterocycles. The van der Waals surface area contributed by atoms with Gasteiger partial charge in [0.2, 0.25) is 0 Å². The first-order chi connectivity index (χ1) is 30.2. The van der Waals surface area contributed by atoms with Crippen molar-refractivity contribution in [1.82, 2.24) is 0 Å². The molecule has 0 fully saturated rings. The van der Waals surface area contributed by atoms with Gasteiger partial charge in [-0.25, -0.2) is 0 Å². The van der Waals surface area contributed by atoms with E-state index in [0.29, 0.717) is 0 Å². The molecule has 297 valence electrons. The Morgan fingerprint density at radius 1 is 0.323 bits per heavy atom. The van der Waals surface area contributed by atoms with E-state index >= 15 is 0 Å². The Bertz CT molecular complexity index is 2820. The minimum absolute atomic E-state index is 0. The summed E-state index contributed by atoms with van der Waals surface area (Å²) in [6.07, 6.45) is 4.62. The third-order valence-electron chi connectivity index (χ3n) is 11.8. The summed E-state index contributed by atoms with van der Waals surface area (Å²) in [6.45, 7) is 0. The van der Waals surface area contributed by atoms with Gasteiger partial charge in [0.05, 0.1) is 0 Å². The van der Waals surface area contributed by atoms with E-state index < -0.39 is 0 Å². The van der Waals surface area contributed by atoms with Gasteiger partial charge in [-0.15, -0.1) is 69.1 Å². The molecular weight excluding hydrogens is 892 g/mol. The van der Waals surface area contributed by atoms with Crippen molar-refractivity contribution in [3.63, 3.8) is 0 Å². The number of fused-ring (bicyclic) bond motifs is 4. The zero-order valence-corrected chi connectivity index (χ0v) is 36.5. The molecule has 10 aromatic rings. The minimum atomic E-state index is 0. The summed E-state index contributed by atoms with van der Waals surface area (Å²) in [6, 6.07) is 85.6. The number of hydrogen-bond donors (Lipinski definition) is 0. The molecular formula is C60H44GdN. The van der Waals surface area contributed by atoms with Crippen molar-refractivity contribution in [2.45, 2.75) is 12.1 Å². The zero-order chi connectivity index (χ0) is 40.8. The van der Waals surface area contributed by atoms with E-state index in [1.165, 1.54) is 88.3 Å². The Kier molecular flexibility index (Phi) is 12.7. The van der Waals surface area contributed by atoms with Crippen LogP contribution in [0, 0.1) is 39.9 Å². The van der Waals surface area contributed by atoms with Gasteiger partial charge in [-0.05, 0) is 22.3 Å². The SMILES string of the molecule is C1=C(c2ccccc2)C([N-]C2C(c3ccccc3)=Cc3ccccc32)c2ccccc21.[Gd+3].c1ccc(-c2cc3ccccc3[cH-]2)cc1.c1ccc(-c2cc3ccccc3[cH-]2)cc1. The smallest absolute Gasteiger partial charge is 0.641 e. The van der Waals surface area contributed by atoms with E-state index in [0.717, 1.165) is 0 Å². The summed E-state index contributed by atoms with van der Waals surface area (Å²) < 4.78 is 0. The Balaban J connectivity index is 0.000000132. The molecule has 1 radical (unpaired) electrons. The van der Waals surface area contributed by atoms with E-state index in [1.54, 1.807) is 0 Å². The van der Waals surface area contributed by atoms with Crippen LogP contribution in [0.4, 0.5) is 0 Å². The monoisotopic (exact) mass is 936 g/mol. The molecule has 10 aromatic carbocycles. The average molecular weight is 936 g/mol. The van der Waals surface area contributed by atoms with E-state index in [1.807, 2.05) is 12.1 Å². The van der Waals surface area contributed by atoms with Crippen LogP contribution in [-0.2, 0) is 0 Å². The number of benzene rings is 8. The largest absolute Gasteiger partial charge is 3.00 e. The molecule has 0 N–H and O–H groups in total. The Morgan fingerprint density at radius 3 is 1.03 bits per heavy atom. The molecule has 12 rings (SSSR count). The molecule has 2 atom stereocenters. The maximum Gasteiger partial charge on any atom is 3.00 e. The molecule has 0 saturated heterocycles. The van der Waals surface area contributed by atoms with Gasteiger partial charge in [0.25, 0.3) is 0 Å². The van der Waals surface area contributed by atoms with Gasteiger partial charge in [-0.1, -0.05) is 264 Å². The summed E-state index contributed by atoms with van der Waals surface area (Å²) >= 11 is 0. The van der Waals surface area contributed by atoms with Crippen molar-refractivity contribution in [1.29, 1.82) is 0 Å². The van der Waals surface area contributed by atoms with Gasteiger partial charge >= 0.3 is 39.9 Å². The van der Waals surface area contributed by atoms with E-state index in [9.17, 15) is 0 Å². The molecule has 62 heavy (non-hydrogen) atoms. The molecule has 0 aliphatic heterocycles. The van der Waals surface area contributed by atoms with Crippen LogP contribution in [0.3, 0.4) is 0 Å². The molecule has 0 spiro atoms. The Hall–Kier alpha value is -6.26. The van der Waals surface area contributed by atoms with Crippen molar-refractivity contribution in [2.24, 2.45) is 0 Å². The van der Waals surface area contributed by atoms with Crippen LogP contribution in [0.1, 0.15) is 45.5 Å². The molecule has 0 saturated carbocycles. The summed E-state index contributed by atoms with van der Waals surface area (Å²) in [5.74, 6) is 0. The normalized spacial score (nSPS) is 14.6. The fourth-order valence-electron chi connectivity index (χ4n) is 8.72. The molecule has 2 aliphatic rings. The first kappa shape index (κ1) is 41.1. The molecule has 2 aliphatic carbocycles. The van der Waals surface area contributed by atoms with Gasteiger partial charge in [0, 0.05) is 0 Å². The quantitative estimate of drug-likeness (QED) is 0.148. The van der Waals surface area contributed by atoms with Gasteiger partial charge in [0.1, 0.15) is 0 Å². The first-order valence-corrected chi connectivity index (χ1v) is 21.1. The van der Waals surface area contributed by atoms with Crippen LogP contribution in [0.5, 0.6) is 0 Å². The van der Waals surface area contributed by atoms with Gasteiger partial charge < -0.3 is 5.32 Å². The van der Waals surface area contributed by atoms with Crippen LogP contribution in [-0.4, -0.2) is 0 Å². The van der Waals surface area contributed by atoms with Crippen molar-refractivity contribution in [3.8, 4) is 22.3 Å². The van der Waals surface area contributed by atoms with Gasteiger partial charge in [-0.2, -0.15) is 0 Å². The van der Waals surface area contributed by atoms with Crippen molar-refractivity contribution in [3.05, 3.63) is 281 Å². The van der Waals surface area contributed by atoms with Gasteiger partial charge in [-0.3, -0.25) is 0 Å². The van der Waals surface area contributed by atoms with Crippen LogP contribution in [0.25, 0.3) is 72.4 Å². The first-order valence-electron chi connectivity index (χ1n) is 21.1. The topological polar surface area (TPSA) is 14.1 Å². The van der Waals surface area contributed by atoms with Crippen LogP contribution < -0.4 is 0 Å². The van der Waals surface area contributed by atoms with Crippen molar-refractivity contribution >= 4 is 44.8 Å². The van der Waals surface area contributed by atoms with Crippen molar-refractivity contribution < 1.29 is 39.9 Å². The molecule has 0 bridgehead atoms. The Morgan fingerprint density at radius 2 is 0.645 bits per heavy atom. The van der Waals surface area contributed by atoms with E-state index in [-0.39, 0.29) is 52.0 Å². The molecule has 2 unspecified atom stereocenters. The summed E-state index contributed by atoms with van der Waals surface area (Å²) in [5, 5.41) is 10.8. The predicted molar refractivity (Wildman–Crippen MR) is 260 cm³/mol. The fourth-order valence-corrected chi connectivity index (χ4v) is 8.72. The van der Waals surface area contributed by atoms with Crippen molar-refractivity contribution in [2.75, 3.05) is 0 Å². The fraction of sp³-hybridized carbons (Fsp3) is 0.0333. The molecule has 0 amide bonds. The number of nitrogens with zero attached hydrogens (tertiary/aromatic N) is 1. The van der Waals surface area contributed by atoms with Crippen LogP contribution >= 0.6 is 0 Å². The Labute approximate surface area is 397 Å². The maximum atomic E-state index is 5.54. The van der Waals surface area contributed by atoms with Crippen LogP contribution in [0.2, 0.25) is 0 Å². The van der Waals surface area contributed by atoms with E-state index in [2.05, 4.69) is 243 Å². The summed E-state index contributed by atoms with van der Waals surface area (Å²) in [7, 11) is 0. The van der Waals surface area contributed by atoms with Gasteiger partial charge in [0.15, 0.2) is 0 Å². The predicted octanol–water partition coefficient (Wildman–Crippen LogP) is 16.4. The second-order valence-corrected chi connectivity index (χ2v) is 15.6. The molecule has 2 heteroatoms. The third-order valence-corrected chi connectivity index (χ3v) is 11.8. The second-order valence-electron chi connectivity index (χ2n) is 15.6. The molecule has 1 nitrogen and oxygen atoms in total. The zero-order valence-electron chi connectivity index (χ0n) is 34.2. The maximum absolute atomic E-state index is 5.54. The van der Waals surface area contributed by atoms with Crippen LogP contribution in [0.15, 0.2) is 243 Å². The average Bonchev–Trinajstić information content (AvgIpc) is 4.14. The minimum Gasteiger partial charge on any atom is -0.641 e. The second kappa shape index (κ2) is 19.2. The summed E-state index contributed by atoms with van der Waals surface area (Å²) in [5.41, 5.74) is 15.3. The third kappa shape index (κ3) is 8.88. The number of rotatable bonds is 6. The van der Waals surface area contributed by atoms with E-state index in [4.69, 9.17) is 5.32 Å². The summed E-state index contributed by atoms with van der Waals surface area (Å²) in [4.78, 5) is 0. The molecule has 0 heterocycles. The standard InChI is InChI=1S/C30H22N.2C15H11.Gd/c1-3-11-21(12-4-1)27-19-23-15-7-9-17-25(23)29(27)31-30-26-18-10-8-16-24(26)20-28(30)22-13-5-2-6-14-22;2*1-2-6-12(7-3-1)15-10-13-8-4-5-9-14(13)11-15;/h1-20,29-30H;2*1-11H;/q3*-1;+3.